The highest BCUT2D eigenvalue weighted by Crippen LogP contribution is 2.40. The summed E-state index contributed by atoms with van der Waals surface area (Å²) in [6.07, 6.45) is 2.45. The van der Waals surface area contributed by atoms with Crippen LogP contribution in [-0.2, 0) is 0 Å². The lowest BCUT2D eigenvalue weighted by Gasteiger charge is -2.09. The third-order valence-corrected chi connectivity index (χ3v) is 4.26. The maximum absolute atomic E-state index is 12.1. The molecule has 1 aliphatic rings. The number of halogens is 2. The summed E-state index contributed by atoms with van der Waals surface area (Å²) in [6.45, 7) is 0. The van der Waals surface area contributed by atoms with Crippen molar-refractivity contribution in [2.75, 3.05) is 5.32 Å². The number of urea groups is 1. The van der Waals surface area contributed by atoms with E-state index in [2.05, 4.69) is 10.6 Å². The molecule has 1 aliphatic carbocycles. The van der Waals surface area contributed by atoms with Gasteiger partial charge in [-0.1, -0.05) is 41.4 Å². The Labute approximate surface area is 143 Å². The Morgan fingerprint density at radius 2 is 1.57 bits per heavy atom. The Bertz CT molecular complexity index is 735. The molecule has 118 valence electrons. The van der Waals surface area contributed by atoms with Gasteiger partial charge >= 0.3 is 6.03 Å². The molecule has 0 bridgehead atoms. The first-order valence-corrected chi connectivity index (χ1v) is 7.96. The van der Waals surface area contributed by atoms with Crippen LogP contribution in [0.2, 0.25) is 10.0 Å². The van der Waals surface area contributed by atoms with Crippen molar-refractivity contribution in [3.05, 3.63) is 63.6 Å². The summed E-state index contributed by atoms with van der Waals surface area (Å²) in [4.78, 5) is 24.0. The van der Waals surface area contributed by atoms with E-state index in [0.29, 0.717) is 11.6 Å². The van der Waals surface area contributed by atoms with Crippen LogP contribution in [0.4, 0.5) is 10.5 Å². The Kier molecular flexibility index (Phi) is 4.55. The van der Waals surface area contributed by atoms with Gasteiger partial charge in [0.05, 0.1) is 15.6 Å². The minimum absolute atomic E-state index is 0.0788. The molecule has 4 nitrogen and oxygen atoms in total. The molecule has 1 fully saturated rings. The number of hydrogen-bond acceptors (Lipinski definition) is 2. The zero-order valence-electron chi connectivity index (χ0n) is 12.1. The molecule has 0 unspecified atom stereocenters. The third-order valence-electron chi connectivity index (χ3n) is 3.63. The van der Waals surface area contributed by atoms with Gasteiger partial charge in [-0.15, -0.1) is 0 Å². The summed E-state index contributed by atoms with van der Waals surface area (Å²) in [5.41, 5.74) is 1.97. The first kappa shape index (κ1) is 15.8. The minimum atomic E-state index is -0.646. The molecule has 0 heterocycles. The lowest BCUT2D eigenvalue weighted by molar-refractivity contribution is 0.0967. The lowest BCUT2D eigenvalue weighted by atomic mass is 10.1. The fraction of sp³-hybridized carbons (Fsp3) is 0.176. The molecule has 1 saturated carbocycles. The van der Waals surface area contributed by atoms with Crippen LogP contribution in [0.15, 0.2) is 42.5 Å². The van der Waals surface area contributed by atoms with Gasteiger partial charge in [0.25, 0.3) is 5.91 Å². The van der Waals surface area contributed by atoms with Crippen LogP contribution in [0.1, 0.15) is 34.7 Å². The number of imide groups is 1. The molecule has 0 saturated heterocycles. The maximum Gasteiger partial charge on any atom is 0.326 e. The van der Waals surface area contributed by atoms with E-state index < -0.39 is 11.9 Å². The summed E-state index contributed by atoms with van der Waals surface area (Å²) in [5, 5.41) is 5.21. The standard InChI is InChI=1S/C17H14Cl2N2O2/c18-13-2-1-3-14(19)15(13)16(22)21-17(23)20-12-8-6-11(7-9-12)10-4-5-10/h1-3,6-10H,4-5H2,(H2,20,21,22,23). The molecule has 0 atom stereocenters. The highest BCUT2D eigenvalue weighted by Gasteiger charge is 2.23. The predicted molar refractivity (Wildman–Crippen MR) is 91.4 cm³/mol. The number of nitrogens with one attached hydrogen (secondary N) is 2. The molecule has 0 spiro atoms. The van der Waals surface area contributed by atoms with Gasteiger partial charge in [-0.3, -0.25) is 10.1 Å². The Balaban J connectivity index is 1.63. The zero-order chi connectivity index (χ0) is 16.4. The number of carbonyl (C=O) groups excluding carboxylic acids is 2. The highest BCUT2D eigenvalue weighted by molar-refractivity contribution is 6.40. The Morgan fingerprint density at radius 3 is 2.13 bits per heavy atom. The van der Waals surface area contributed by atoms with Crippen LogP contribution in [0.3, 0.4) is 0 Å². The Hall–Kier alpha value is -2.04. The van der Waals surface area contributed by atoms with Crippen molar-refractivity contribution in [1.29, 1.82) is 0 Å². The first-order valence-electron chi connectivity index (χ1n) is 7.21. The number of hydrogen-bond donors (Lipinski definition) is 2. The summed E-state index contributed by atoms with van der Waals surface area (Å²) >= 11 is 11.9. The SMILES string of the molecule is O=C(NC(=O)c1c(Cl)cccc1Cl)Nc1ccc(C2CC2)cc1. The molecule has 3 amide bonds. The van der Waals surface area contributed by atoms with Crippen LogP contribution < -0.4 is 10.6 Å². The molecule has 0 aromatic heterocycles. The summed E-state index contributed by atoms with van der Waals surface area (Å²) < 4.78 is 0. The van der Waals surface area contributed by atoms with Crippen molar-refractivity contribution >= 4 is 40.8 Å². The van der Waals surface area contributed by atoms with Crippen molar-refractivity contribution < 1.29 is 9.59 Å². The topological polar surface area (TPSA) is 58.2 Å². The molecule has 2 N–H and O–H groups in total. The number of amides is 3. The van der Waals surface area contributed by atoms with E-state index in [1.165, 1.54) is 30.5 Å². The van der Waals surface area contributed by atoms with Crippen LogP contribution in [-0.4, -0.2) is 11.9 Å². The highest BCUT2D eigenvalue weighted by atomic mass is 35.5. The molecule has 6 heteroatoms. The number of anilines is 1. The quantitative estimate of drug-likeness (QED) is 0.834. The van der Waals surface area contributed by atoms with Gasteiger partial charge in [0.1, 0.15) is 0 Å². The van der Waals surface area contributed by atoms with E-state index in [1.54, 1.807) is 6.07 Å². The van der Waals surface area contributed by atoms with Gasteiger partial charge in [-0.05, 0) is 48.6 Å². The molecule has 2 aromatic rings. The van der Waals surface area contributed by atoms with Gasteiger partial charge in [0.2, 0.25) is 0 Å². The second-order valence-corrected chi connectivity index (χ2v) is 6.22. The minimum Gasteiger partial charge on any atom is -0.308 e. The average Bonchev–Trinajstić information content (AvgIpc) is 3.32. The van der Waals surface area contributed by atoms with E-state index in [4.69, 9.17) is 23.2 Å². The molecule has 23 heavy (non-hydrogen) atoms. The van der Waals surface area contributed by atoms with Crippen molar-refractivity contribution in [3.63, 3.8) is 0 Å². The summed E-state index contributed by atoms with van der Waals surface area (Å²) in [6, 6.07) is 11.7. The predicted octanol–water partition coefficient (Wildman–Crippen LogP) is 4.83. The van der Waals surface area contributed by atoms with E-state index in [0.717, 1.165) is 0 Å². The average molecular weight is 349 g/mol. The van der Waals surface area contributed by atoms with Gasteiger partial charge in [-0.2, -0.15) is 0 Å². The smallest absolute Gasteiger partial charge is 0.308 e. The summed E-state index contributed by atoms with van der Waals surface area (Å²) in [7, 11) is 0. The van der Waals surface area contributed by atoms with Crippen LogP contribution in [0.25, 0.3) is 0 Å². The largest absolute Gasteiger partial charge is 0.326 e. The van der Waals surface area contributed by atoms with Crippen molar-refractivity contribution in [1.82, 2.24) is 5.32 Å². The second kappa shape index (κ2) is 6.60. The fourth-order valence-electron chi connectivity index (χ4n) is 2.30. The molecule has 0 aliphatic heterocycles. The van der Waals surface area contributed by atoms with Crippen molar-refractivity contribution in [2.45, 2.75) is 18.8 Å². The van der Waals surface area contributed by atoms with E-state index in [9.17, 15) is 9.59 Å². The molecule has 3 rings (SSSR count). The molecular weight excluding hydrogens is 335 g/mol. The maximum atomic E-state index is 12.1. The lowest BCUT2D eigenvalue weighted by Crippen LogP contribution is -2.34. The van der Waals surface area contributed by atoms with Gasteiger partial charge < -0.3 is 5.32 Å². The van der Waals surface area contributed by atoms with Gasteiger partial charge in [-0.25, -0.2) is 4.79 Å². The molecule has 2 aromatic carbocycles. The second-order valence-electron chi connectivity index (χ2n) is 5.40. The number of rotatable bonds is 3. The Morgan fingerprint density at radius 1 is 0.957 bits per heavy atom. The monoisotopic (exact) mass is 348 g/mol. The number of benzene rings is 2. The van der Waals surface area contributed by atoms with E-state index in [-0.39, 0.29) is 15.6 Å². The third kappa shape index (κ3) is 3.84. The molecular formula is C17H14Cl2N2O2. The van der Waals surface area contributed by atoms with Gasteiger partial charge in [0, 0.05) is 5.69 Å². The zero-order valence-corrected chi connectivity index (χ0v) is 13.6. The normalized spacial score (nSPS) is 13.5. The summed E-state index contributed by atoms with van der Waals surface area (Å²) in [5.74, 6) is 0.00881. The van der Waals surface area contributed by atoms with Crippen LogP contribution in [0.5, 0.6) is 0 Å². The van der Waals surface area contributed by atoms with Crippen LogP contribution in [0, 0.1) is 0 Å². The van der Waals surface area contributed by atoms with Crippen molar-refractivity contribution in [3.8, 4) is 0 Å². The van der Waals surface area contributed by atoms with Crippen molar-refractivity contribution in [2.24, 2.45) is 0 Å². The first-order chi connectivity index (χ1) is 11.0. The molecule has 0 radical (unpaired) electrons. The van der Waals surface area contributed by atoms with E-state index >= 15 is 0 Å². The number of carbonyl (C=O) groups is 2. The van der Waals surface area contributed by atoms with Crippen LogP contribution >= 0.6 is 23.2 Å². The fourth-order valence-corrected chi connectivity index (χ4v) is 2.87. The van der Waals surface area contributed by atoms with Gasteiger partial charge in [0.15, 0.2) is 0 Å². The van der Waals surface area contributed by atoms with E-state index in [1.807, 2.05) is 24.3 Å².